The summed E-state index contributed by atoms with van der Waals surface area (Å²) in [6, 6.07) is 7.99. The fourth-order valence-electron chi connectivity index (χ4n) is 3.02. The number of carbonyl (C=O) groups excluding carboxylic acids is 1. The molecule has 1 aromatic heterocycles. The van der Waals surface area contributed by atoms with Crippen molar-refractivity contribution in [1.82, 2.24) is 9.88 Å². The molecule has 0 spiro atoms. The van der Waals surface area contributed by atoms with Crippen molar-refractivity contribution >= 4 is 17.4 Å². The number of urea groups is 1. The zero-order valence-corrected chi connectivity index (χ0v) is 14.3. The lowest BCUT2D eigenvalue weighted by Crippen LogP contribution is -2.54. The Morgan fingerprint density at radius 3 is 2.72 bits per heavy atom. The lowest BCUT2D eigenvalue weighted by molar-refractivity contribution is 0.200. The Morgan fingerprint density at radius 2 is 2.04 bits per heavy atom. The van der Waals surface area contributed by atoms with Gasteiger partial charge in [0.1, 0.15) is 11.6 Å². The molecule has 2 amide bonds. The molecule has 1 aliphatic rings. The van der Waals surface area contributed by atoms with Crippen LogP contribution in [0, 0.1) is 5.82 Å². The third-order valence-electron chi connectivity index (χ3n) is 4.27. The Hall–Kier alpha value is -2.83. The van der Waals surface area contributed by atoms with Gasteiger partial charge in [-0.05, 0) is 25.1 Å². The van der Waals surface area contributed by atoms with E-state index in [1.54, 1.807) is 23.4 Å². The minimum absolute atomic E-state index is 0.170. The van der Waals surface area contributed by atoms with Crippen LogP contribution in [0.5, 0.6) is 5.75 Å². The number of rotatable bonds is 3. The molecule has 0 bridgehead atoms. The van der Waals surface area contributed by atoms with Crippen LogP contribution in [-0.2, 0) is 0 Å². The van der Waals surface area contributed by atoms with Gasteiger partial charge in [0.15, 0.2) is 0 Å². The monoisotopic (exact) mass is 344 g/mol. The first-order valence-corrected chi connectivity index (χ1v) is 8.14. The molecule has 2 heterocycles. The minimum Gasteiger partial charge on any atom is -0.497 e. The summed E-state index contributed by atoms with van der Waals surface area (Å²) in [5, 5.41) is 2.74. The number of pyridine rings is 1. The van der Waals surface area contributed by atoms with E-state index < -0.39 is 5.82 Å². The highest BCUT2D eigenvalue weighted by molar-refractivity contribution is 5.89. The Balaban J connectivity index is 1.64. The van der Waals surface area contributed by atoms with Gasteiger partial charge in [0, 0.05) is 61.6 Å². The van der Waals surface area contributed by atoms with Gasteiger partial charge in [0.25, 0.3) is 0 Å². The molecule has 1 fully saturated rings. The molecule has 1 aliphatic heterocycles. The van der Waals surface area contributed by atoms with E-state index in [1.807, 2.05) is 12.1 Å². The number of nitrogens with one attached hydrogen (secondary N) is 1. The standard InChI is InChI=1S/C18H21FN4O2/c1-13-12-22(7-8-23(13)16-3-5-20-6-4-16)18(24)21-15-9-14(19)10-17(11-15)25-2/h3-6,9-11,13H,7-8,12H2,1-2H3,(H,21,24). The molecule has 3 rings (SSSR count). The maximum absolute atomic E-state index is 13.6. The average molecular weight is 344 g/mol. The molecule has 6 nitrogen and oxygen atoms in total. The van der Waals surface area contributed by atoms with Crippen LogP contribution in [-0.4, -0.2) is 48.7 Å². The Kier molecular flexibility index (Phi) is 5.02. The van der Waals surface area contributed by atoms with E-state index in [1.165, 1.54) is 19.2 Å². The molecule has 2 aromatic rings. The molecular formula is C18H21FN4O2. The number of hydrogen-bond donors (Lipinski definition) is 1. The van der Waals surface area contributed by atoms with Crippen molar-refractivity contribution in [1.29, 1.82) is 0 Å². The number of anilines is 2. The maximum atomic E-state index is 13.6. The molecular weight excluding hydrogens is 323 g/mol. The average Bonchev–Trinajstić information content (AvgIpc) is 2.61. The topological polar surface area (TPSA) is 57.7 Å². The highest BCUT2D eigenvalue weighted by Crippen LogP contribution is 2.22. The van der Waals surface area contributed by atoms with Crippen molar-refractivity contribution < 1.29 is 13.9 Å². The molecule has 1 unspecified atom stereocenters. The molecule has 1 N–H and O–H groups in total. The quantitative estimate of drug-likeness (QED) is 0.930. The van der Waals surface area contributed by atoms with Crippen LogP contribution in [0.2, 0.25) is 0 Å². The number of aromatic nitrogens is 1. The number of benzene rings is 1. The zero-order chi connectivity index (χ0) is 17.8. The van der Waals surface area contributed by atoms with Crippen molar-refractivity contribution in [2.75, 3.05) is 37.0 Å². The summed E-state index contributed by atoms with van der Waals surface area (Å²) in [5.74, 6) is -0.0864. The second kappa shape index (κ2) is 7.38. The predicted molar refractivity (Wildman–Crippen MR) is 94.6 cm³/mol. The van der Waals surface area contributed by atoms with E-state index in [-0.39, 0.29) is 12.1 Å². The number of halogens is 1. The Morgan fingerprint density at radius 1 is 1.28 bits per heavy atom. The second-order valence-electron chi connectivity index (χ2n) is 6.00. The highest BCUT2D eigenvalue weighted by Gasteiger charge is 2.27. The first kappa shape index (κ1) is 17.0. The number of methoxy groups -OCH3 is 1. The largest absolute Gasteiger partial charge is 0.497 e. The molecule has 1 saturated heterocycles. The third-order valence-corrected chi connectivity index (χ3v) is 4.27. The van der Waals surface area contributed by atoms with Crippen molar-refractivity contribution in [2.24, 2.45) is 0 Å². The van der Waals surface area contributed by atoms with Gasteiger partial charge in [-0.1, -0.05) is 0 Å². The van der Waals surface area contributed by atoms with Crippen molar-refractivity contribution in [2.45, 2.75) is 13.0 Å². The van der Waals surface area contributed by atoms with Crippen LogP contribution in [0.3, 0.4) is 0 Å². The molecule has 0 radical (unpaired) electrons. The molecule has 1 atom stereocenters. The summed E-state index contributed by atoms with van der Waals surface area (Å²) < 4.78 is 18.6. The minimum atomic E-state index is -0.453. The third kappa shape index (κ3) is 3.99. The Labute approximate surface area is 146 Å². The van der Waals surface area contributed by atoms with E-state index in [9.17, 15) is 9.18 Å². The molecule has 132 valence electrons. The van der Waals surface area contributed by atoms with Gasteiger partial charge in [0.2, 0.25) is 0 Å². The van der Waals surface area contributed by atoms with Gasteiger partial charge < -0.3 is 19.9 Å². The van der Waals surface area contributed by atoms with Gasteiger partial charge in [-0.15, -0.1) is 0 Å². The van der Waals surface area contributed by atoms with Crippen LogP contribution in [0.1, 0.15) is 6.92 Å². The van der Waals surface area contributed by atoms with Gasteiger partial charge in [-0.3, -0.25) is 4.98 Å². The molecule has 1 aromatic carbocycles. The fraction of sp³-hybridized carbons (Fsp3) is 0.333. The normalized spacial score (nSPS) is 17.3. The number of piperazine rings is 1. The highest BCUT2D eigenvalue weighted by atomic mass is 19.1. The SMILES string of the molecule is COc1cc(F)cc(NC(=O)N2CCN(c3ccncc3)C(C)C2)c1. The van der Waals surface area contributed by atoms with Crippen molar-refractivity contribution in [3.8, 4) is 5.75 Å². The molecule has 0 aliphatic carbocycles. The van der Waals surface area contributed by atoms with E-state index in [4.69, 9.17) is 4.74 Å². The zero-order valence-electron chi connectivity index (χ0n) is 14.3. The lowest BCUT2D eigenvalue weighted by atomic mass is 10.1. The molecule has 7 heteroatoms. The number of nitrogens with zero attached hydrogens (tertiary/aromatic N) is 3. The number of hydrogen-bond acceptors (Lipinski definition) is 4. The van der Waals surface area contributed by atoms with Crippen LogP contribution in [0.25, 0.3) is 0 Å². The Bertz CT molecular complexity index is 741. The van der Waals surface area contributed by atoms with Gasteiger partial charge >= 0.3 is 6.03 Å². The van der Waals surface area contributed by atoms with Crippen molar-refractivity contribution in [3.63, 3.8) is 0 Å². The van der Waals surface area contributed by atoms with E-state index >= 15 is 0 Å². The van der Waals surface area contributed by atoms with Crippen LogP contribution in [0.15, 0.2) is 42.7 Å². The van der Waals surface area contributed by atoms with Gasteiger partial charge in [-0.2, -0.15) is 0 Å². The van der Waals surface area contributed by atoms with Gasteiger partial charge in [0.05, 0.1) is 7.11 Å². The summed E-state index contributed by atoms with van der Waals surface area (Å²) in [7, 11) is 1.46. The van der Waals surface area contributed by atoms with Crippen LogP contribution in [0.4, 0.5) is 20.6 Å². The number of carbonyl (C=O) groups is 1. The van der Waals surface area contributed by atoms with Crippen molar-refractivity contribution in [3.05, 3.63) is 48.5 Å². The summed E-state index contributed by atoms with van der Waals surface area (Å²) in [4.78, 5) is 20.5. The predicted octanol–water partition coefficient (Wildman–Crippen LogP) is 2.97. The molecule has 25 heavy (non-hydrogen) atoms. The second-order valence-corrected chi connectivity index (χ2v) is 6.00. The molecule has 0 saturated carbocycles. The summed E-state index contributed by atoms with van der Waals surface area (Å²) in [6.07, 6.45) is 3.52. The maximum Gasteiger partial charge on any atom is 0.321 e. The van der Waals surface area contributed by atoms with Crippen LogP contribution < -0.4 is 15.0 Å². The summed E-state index contributed by atoms with van der Waals surface area (Å²) in [5.41, 5.74) is 1.48. The van der Waals surface area contributed by atoms with E-state index in [2.05, 4.69) is 22.1 Å². The number of ether oxygens (including phenoxy) is 1. The van der Waals surface area contributed by atoms with E-state index in [0.717, 1.165) is 12.2 Å². The lowest BCUT2D eigenvalue weighted by Gasteiger charge is -2.41. The van der Waals surface area contributed by atoms with E-state index in [0.29, 0.717) is 24.5 Å². The summed E-state index contributed by atoms with van der Waals surface area (Å²) >= 11 is 0. The van der Waals surface area contributed by atoms with Gasteiger partial charge in [-0.25, -0.2) is 9.18 Å². The summed E-state index contributed by atoms with van der Waals surface area (Å²) in [6.45, 7) is 3.97. The first-order valence-electron chi connectivity index (χ1n) is 8.14. The first-order chi connectivity index (χ1) is 12.1. The van der Waals surface area contributed by atoms with Crippen LogP contribution >= 0.6 is 0 Å². The smallest absolute Gasteiger partial charge is 0.321 e. The fourth-order valence-corrected chi connectivity index (χ4v) is 3.02. The number of amides is 2.